The van der Waals surface area contributed by atoms with Gasteiger partial charge in [-0.05, 0) is 65.2 Å². The third kappa shape index (κ3) is 3.77. The Morgan fingerprint density at radius 3 is 2.42 bits per heavy atom. The monoisotopic (exact) mass is 336 g/mol. The van der Waals surface area contributed by atoms with Crippen LogP contribution in [0.15, 0.2) is 23.3 Å². The van der Waals surface area contributed by atoms with E-state index in [2.05, 4.69) is 32.9 Å². The predicted molar refractivity (Wildman–Crippen MR) is 92.8 cm³/mol. The van der Waals surface area contributed by atoms with Crippen molar-refractivity contribution in [1.29, 1.82) is 0 Å². The highest BCUT2D eigenvalue weighted by Crippen LogP contribution is 2.54. The molecule has 4 heteroatoms. The quantitative estimate of drug-likeness (QED) is 0.726. The molecule has 2 heterocycles. The average molecular weight is 336 g/mol. The SMILES string of the molecule is CC(C)=CCC/C(C)=C/CC[C@H]1C(O)O[C@@H]2OC(O)[C@@H]3CC[C@H]1[C@H]23. The van der Waals surface area contributed by atoms with Gasteiger partial charge in [-0.25, -0.2) is 0 Å². The lowest BCUT2D eigenvalue weighted by molar-refractivity contribution is -0.301. The van der Waals surface area contributed by atoms with Crippen molar-refractivity contribution < 1.29 is 19.7 Å². The second kappa shape index (κ2) is 7.69. The van der Waals surface area contributed by atoms with Crippen LogP contribution in [-0.4, -0.2) is 29.1 Å². The summed E-state index contributed by atoms with van der Waals surface area (Å²) >= 11 is 0. The van der Waals surface area contributed by atoms with E-state index >= 15 is 0 Å². The van der Waals surface area contributed by atoms with E-state index in [4.69, 9.17) is 9.47 Å². The standard InChI is InChI=1S/C20H32O4/c1-12(2)6-4-7-13(3)8-5-9-15-14-10-11-16-17(14)20(23-18(15)21)24-19(16)22/h6,8,14-22H,4-5,7,9-11H2,1-3H3/b13-8+/t14-,15-,16-,17+,18?,19?,20-/m1/s1. The second-order valence-electron chi connectivity index (χ2n) is 8.02. The number of ether oxygens (including phenoxy) is 2. The summed E-state index contributed by atoms with van der Waals surface area (Å²) in [4.78, 5) is 0. The normalized spacial score (nSPS) is 41.4. The molecule has 3 fully saturated rings. The Bertz CT molecular complexity index is 494. The zero-order chi connectivity index (χ0) is 17.3. The predicted octanol–water partition coefficient (Wildman–Crippen LogP) is 3.74. The minimum absolute atomic E-state index is 0.159. The van der Waals surface area contributed by atoms with Gasteiger partial charge in [0.05, 0.1) is 0 Å². The molecule has 2 saturated heterocycles. The van der Waals surface area contributed by atoms with E-state index in [1.807, 2.05) is 0 Å². The van der Waals surface area contributed by atoms with Crippen LogP contribution in [-0.2, 0) is 9.47 Å². The van der Waals surface area contributed by atoms with Gasteiger partial charge in [0.2, 0.25) is 0 Å². The summed E-state index contributed by atoms with van der Waals surface area (Å²) in [5.74, 6) is 1.03. The largest absolute Gasteiger partial charge is 0.368 e. The lowest BCUT2D eigenvalue weighted by atomic mass is 9.77. The van der Waals surface area contributed by atoms with Crippen molar-refractivity contribution in [3.8, 4) is 0 Å². The molecule has 4 nitrogen and oxygen atoms in total. The molecule has 2 N–H and O–H groups in total. The first-order chi connectivity index (χ1) is 11.5. The zero-order valence-electron chi connectivity index (χ0n) is 15.1. The smallest absolute Gasteiger partial charge is 0.167 e. The summed E-state index contributed by atoms with van der Waals surface area (Å²) < 4.78 is 11.1. The van der Waals surface area contributed by atoms with Crippen molar-refractivity contribution >= 4 is 0 Å². The summed E-state index contributed by atoms with van der Waals surface area (Å²) in [5, 5.41) is 20.4. The molecule has 1 saturated carbocycles. The topological polar surface area (TPSA) is 58.9 Å². The van der Waals surface area contributed by atoms with Gasteiger partial charge in [-0.2, -0.15) is 0 Å². The number of allylic oxidation sites excluding steroid dienone is 4. The van der Waals surface area contributed by atoms with Crippen molar-refractivity contribution in [2.45, 2.75) is 78.2 Å². The lowest BCUT2D eigenvalue weighted by Crippen LogP contribution is -2.45. The molecule has 2 aliphatic heterocycles. The molecule has 0 aromatic carbocycles. The molecular weight excluding hydrogens is 304 g/mol. The summed E-state index contributed by atoms with van der Waals surface area (Å²) in [5.41, 5.74) is 2.79. The summed E-state index contributed by atoms with van der Waals surface area (Å²) in [6.45, 7) is 6.46. The Morgan fingerprint density at radius 1 is 0.958 bits per heavy atom. The number of rotatable bonds is 6. The molecule has 0 amide bonds. The van der Waals surface area contributed by atoms with Crippen LogP contribution in [0.2, 0.25) is 0 Å². The molecule has 2 unspecified atom stereocenters. The second-order valence-corrected chi connectivity index (χ2v) is 8.02. The van der Waals surface area contributed by atoms with Crippen LogP contribution in [0.5, 0.6) is 0 Å². The fourth-order valence-electron chi connectivity index (χ4n) is 4.79. The molecule has 7 atom stereocenters. The van der Waals surface area contributed by atoms with E-state index in [-0.39, 0.29) is 17.8 Å². The highest BCUT2D eigenvalue weighted by Gasteiger charge is 2.58. The summed E-state index contributed by atoms with van der Waals surface area (Å²) in [7, 11) is 0. The van der Waals surface area contributed by atoms with Crippen molar-refractivity contribution in [2.75, 3.05) is 0 Å². The molecule has 0 spiro atoms. The third-order valence-electron chi connectivity index (χ3n) is 6.05. The van der Waals surface area contributed by atoms with Crippen LogP contribution in [0.3, 0.4) is 0 Å². The molecule has 0 aromatic rings. The number of aliphatic hydroxyl groups is 2. The van der Waals surface area contributed by atoms with Crippen LogP contribution in [0.1, 0.15) is 59.3 Å². The van der Waals surface area contributed by atoms with Crippen molar-refractivity contribution in [3.05, 3.63) is 23.3 Å². The van der Waals surface area contributed by atoms with E-state index in [1.165, 1.54) is 11.1 Å². The number of hydrogen-bond acceptors (Lipinski definition) is 4. The Morgan fingerprint density at radius 2 is 1.67 bits per heavy atom. The van der Waals surface area contributed by atoms with Gasteiger partial charge >= 0.3 is 0 Å². The van der Waals surface area contributed by atoms with E-state index in [0.29, 0.717) is 5.92 Å². The van der Waals surface area contributed by atoms with Crippen LogP contribution >= 0.6 is 0 Å². The minimum atomic E-state index is -0.764. The molecule has 3 aliphatic rings. The molecule has 0 aromatic heterocycles. The fraction of sp³-hybridized carbons (Fsp3) is 0.800. The van der Waals surface area contributed by atoms with Crippen molar-refractivity contribution in [2.24, 2.45) is 23.7 Å². The number of aliphatic hydroxyl groups excluding tert-OH is 2. The maximum absolute atomic E-state index is 10.4. The van der Waals surface area contributed by atoms with Crippen molar-refractivity contribution in [3.63, 3.8) is 0 Å². The Balaban J connectivity index is 1.53. The van der Waals surface area contributed by atoms with Gasteiger partial charge in [0.25, 0.3) is 0 Å². The Hall–Kier alpha value is -0.680. The van der Waals surface area contributed by atoms with Gasteiger partial charge in [0, 0.05) is 17.8 Å². The minimum Gasteiger partial charge on any atom is -0.368 e. The first-order valence-corrected chi connectivity index (χ1v) is 9.43. The fourth-order valence-corrected chi connectivity index (χ4v) is 4.79. The molecule has 3 rings (SSSR count). The maximum Gasteiger partial charge on any atom is 0.167 e. The third-order valence-corrected chi connectivity index (χ3v) is 6.05. The highest BCUT2D eigenvalue weighted by molar-refractivity contribution is 5.03. The van der Waals surface area contributed by atoms with Gasteiger partial charge in [0.15, 0.2) is 18.9 Å². The number of hydrogen-bond donors (Lipinski definition) is 2. The van der Waals surface area contributed by atoms with Crippen molar-refractivity contribution in [1.82, 2.24) is 0 Å². The Kier molecular flexibility index (Phi) is 5.81. The first kappa shape index (κ1) is 18.1. The van der Waals surface area contributed by atoms with E-state index in [1.54, 1.807) is 0 Å². The van der Waals surface area contributed by atoms with Gasteiger partial charge in [-0.3, -0.25) is 0 Å². The van der Waals surface area contributed by atoms with Gasteiger partial charge in [-0.1, -0.05) is 23.3 Å². The lowest BCUT2D eigenvalue weighted by Gasteiger charge is -2.40. The molecule has 24 heavy (non-hydrogen) atoms. The molecule has 0 bridgehead atoms. The van der Waals surface area contributed by atoms with E-state index < -0.39 is 18.9 Å². The van der Waals surface area contributed by atoms with Gasteiger partial charge in [0.1, 0.15) is 0 Å². The molecule has 1 aliphatic carbocycles. The van der Waals surface area contributed by atoms with E-state index in [0.717, 1.165) is 38.5 Å². The van der Waals surface area contributed by atoms with Crippen LogP contribution < -0.4 is 0 Å². The average Bonchev–Trinajstić information content (AvgIpc) is 3.06. The van der Waals surface area contributed by atoms with Gasteiger partial charge < -0.3 is 19.7 Å². The molecule has 0 radical (unpaired) electrons. The zero-order valence-corrected chi connectivity index (χ0v) is 15.1. The van der Waals surface area contributed by atoms with Crippen LogP contribution in [0, 0.1) is 23.7 Å². The Labute approximate surface area is 145 Å². The van der Waals surface area contributed by atoms with Crippen LogP contribution in [0.4, 0.5) is 0 Å². The molecule has 136 valence electrons. The summed E-state index contributed by atoms with van der Waals surface area (Å²) in [6, 6.07) is 0. The van der Waals surface area contributed by atoms with E-state index in [9.17, 15) is 10.2 Å². The first-order valence-electron chi connectivity index (χ1n) is 9.43. The molecular formula is C20H32O4. The van der Waals surface area contributed by atoms with Crippen LogP contribution in [0.25, 0.3) is 0 Å². The highest BCUT2D eigenvalue weighted by atomic mass is 16.8. The maximum atomic E-state index is 10.4. The summed E-state index contributed by atoms with van der Waals surface area (Å²) in [6.07, 6.45) is 8.88. The van der Waals surface area contributed by atoms with Gasteiger partial charge in [-0.15, -0.1) is 0 Å².